The van der Waals surface area contributed by atoms with Crippen molar-refractivity contribution in [2.24, 2.45) is 11.8 Å². The van der Waals surface area contributed by atoms with E-state index < -0.39 is 41.5 Å². The fraction of sp³-hybridized carbons (Fsp3) is 0.444. The maximum absolute atomic E-state index is 13.8. The van der Waals surface area contributed by atoms with E-state index in [4.69, 9.17) is 21.1 Å². The number of aliphatic hydroxyl groups is 1. The Balaban J connectivity index is 1.44. The number of benzene rings is 2. The highest BCUT2D eigenvalue weighted by Crippen LogP contribution is 2.59. The number of hydrogen-bond acceptors (Lipinski definition) is 6. The lowest BCUT2D eigenvalue weighted by atomic mass is 9.70. The molecule has 0 aromatic heterocycles. The average molecular weight is 528 g/mol. The first kappa shape index (κ1) is 25.5. The molecule has 2 aromatic carbocycles. The van der Waals surface area contributed by atoms with E-state index in [1.54, 1.807) is 55.5 Å². The Morgan fingerprint density at radius 1 is 1.19 bits per heavy atom. The zero-order chi connectivity index (χ0) is 26.3. The first-order valence-electron chi connectivity index (χ1n) is 12.5. The second-order valence-electron chi connectivity index (χ2n) is 9.75. The van der Waals surface area contributed by atoms with Crippen LogP contribution in [0.1, 0.15) is 26.7 Å². The lowest BCUT2D eigenvalue weighted by Gasteiger charge is -2.35. The highest BCUT2D eigenvalue weighted by molar-refractivity contribution is 6.33. The molecule has 3 amide bonds. The van der Waals surface area contributed by atoms with Crippen molar-refractivity contribution >= 4 is 40.7 Å². The maximum Gasteiger partial charge on any atom is 0.250 e. The molecule has 10 heteroatoms. The number of aliphatic hydroxyl groups excluding tert-OH is 1. The van der Waals surface area contributed by atoms with Crippen LogP contribution in [-0.4, -0.2) is 64.7 Å². The highest BCUT2D eigenvalue weighted by Gasteiger charge is 2.74. The van der Waals surface area contributed by atoms with Crippen molar-refractivity contribution in [3.8, 4) is 5.75 Å². The molecule has 9 nitrogen and oxygen atoms in total. The number of nitrogens with zero attached hydrogens (tertiary/aromatic N) is 1. The van der Waals surface area contributed by atoms with Gasteiger partial charge in [0.15, 0.2) is 0 Å². The molecule has 0 saturated carbocycles. The molecule has 3 aliphatic heterocycles. The molecule has 3 heterocycles. The van der Waals surface area contributed by atoms with Crippen LogP contribution in [0.4, 0.5) is 11.4 Å². The molecule has 0 radical (unpaired) electrons. The number of carbonyl (C=O) groups is 3. The number of nitrogens with one attached hydrogen (secondary N) is 2. The van der Waals surface area contributed by atoms with Gasteiger partial charge in [-0.15, -0.1) is 0 Å². The van der Waals surface area contributed by atoms with Gasteiger partial charge < -0.3 is 30.1 Å². The van der Waals surface area contributed by atoms with Crippen LogP contribution in [0.2, 0.25) is 5.02 Å². The predicted octanol–water partition coefficient (Wildman–Crippen LogP) is 3.07. The van der Waals surface area contributed by atoms with Gasteiger partial charge in [0.2, 0.25) is 17.7 Å². The molecule has 3 N–H and O–H groups in total. The van der Waals surface area contributed by atoms with Crippen LogP contribution in [0.25, 0.3) is 0 Å². The van der Waals surface area contributed by atoms with E-state index in [-0.39, 0.29) is 18.4 Å². The highest BCUT2D eigenvalue weighted by atomic mass is 35.5. The zero-order valence-corrected chi connectivity index (χ0v) is 21.4. The second-order valence-corrected chi connectivity index (χ2v) is 10.2. The summed E-state index contributed by atoms with van der Waals surface area (Å²) in [6.07, 6.45) is 0.511. The summed E-state index contributed by atoms with van der Waals surface area (Å²) >= 11 is 6.26. The molecule has 5 rings (SSSR count). The molecule has 2 unspecified atom stereocenters. The van der Waals surface area contributed by atoms with Crippen LogP contribution in [0.15, 0.2) is 48.5 Å². The molecule has 2 bridgehead atoms. The largest absolute Gasteiger partial charge is 0.494 e. The van der Waals surface area contributed by atoms with E-state index in [1.165, 1.54) is 4.90 Å². The molecular formula is C27H30ClN3O6. The van der Waals surface area contributed by atoms with Crippen molar-refractivity contribution in [2.75, 3.05) is 23.8 Å². The lowest BCUT2D eigenvalue weighted by Crippen LogP contribution is -2.55. The average Bonchev–Trinajstić information content (AvgIpc) is 3.53. The van der Waals surface area contributed by atoms with E-state index in [9.17, 15) is 19.5 Å². The first-order valence-corrected chi connectivity index (χ1v) is 12.9. The summed E-state index contributed by atoms with van der Waals surface area (Å²) in [4.78, 5) is 42.4. The minimum Gasteiger partial charge on any atom is -0.494 e. The van der Waals surface area contributed by atoms with Gasteiger partial charge in [-0.05, 0) is 63.1 Å². The molecule has 196 valence electrons. The number of para-hydroxylation sites is 1. The van der Waals surface area contributed by atoms with Crippen molar-refractivity contribution in [3.05, 3.63) is 53.6 Å². The third kappa shape index (κ3) is 4.24. The van der Waals surface area contributed by atoms with Gasteiger partial charge in [-0.25, -0.2) is 0 Å². The molecule has 3 saturated heterocycles. The number of halogens is 1. The van der Waals surface area contributed by atoms with Gasteiger partial charge in [-0.2, -0.15) is 0 Å². The lowest BCUT2D eigenvalue weighted by molar-refractivity contribution is -0.142. The SMILES string of the molecule is CCOc1ccc(NC(=O)[C@@H]2[C@H]3C(=O)N([C@H](C)CO)C(C(=O)Nc4ccccc4Cl)C34CC[C@H]2O4)cc1. The van der Waals surface area contributed by atoms with Crippen LogP contribution in [0, 0.1) is 11.8 Å². The van der Waals surface area contributed by atoms with Gasteiger partial charge in [0.05, 0.1) is 47.9 Å². The van der Waals surface area contributed by atoms with Gasteiger partial charge in [-0.1, -0.05) is 23.7 Å². The smallest absolute Gasteiger partial charge is 0.250 e. The topological polar surface area (TPSA) is 117 Å². The Morgan fingerprint density at radius 2 is 1.92 bits per heavy atom. The molecule has 6 atom stereocenters. The van der Waals surface area contributed by atoms with Crippen molar-refractivity contribution in [1.82, 2.24) is 4.90 Å². The number of carbonyl (C=O) groups excluding carboxylic acids is 3. The summed E-state index contributed by atoms with van der Waals surface area (Å²) in [5, 5.41) is 16.0. The minimum atomic E-state index is -1.17. The summed E-state index contributed by atoms with van der Waals surface area (Å²) in [6.45, 7) is 3.76. The Labute approximate surface area is 220 Å². The predicted molar refractivity (Wildman–Crippen MR) is 137 cm³/mol. The van der Waals surface area contributed by atoms with E-state index >= 15 is 0 Å². The van der Waals surface area contributed by atoms with E-state index in [2.05, 4.69) is 10.6 Å². The van der Waals surface area contributed by atoms with E-state index in [1.807, 2.05) is 6.92 Å². The van der Waals surface area contributed by atoms with Crippen LogP contribution in [-0.2, 0) is 19.1 Å². The summed E-state index contributed by atoms with van der Waals surface area (Å²) in [5.74, 6) is -2.08. The van der Waals surface area contributed by atoms with Crippen molar-refractivity contribution in [2.45, 2.75) is 50.5 Å². The minimum absolute atomic E-state index is 0.335. The fourth-order valence-corrected chi connectivity index (χ4v) is 6.23. The number of ether oxygens (including phenoxy) is 2. The van der Waals surface area contributed by atoms with Crippen LogP contribution in [0.5, 0.6) is 5.75 Å². The van der Waals surface area contributed by atoms with Crippen LogP contribution in [0.3, 0.4) is 0 Å². The molecule has 2 aromatic rings. The monoisotopic (exact) mass is 527 g/mol. The summed E-state index contributed by atoms with van der Waals surface area (Å²) in [5.41, 5.74) is -0.183. The van der Waals surface area contributed by atoms with Crippen LogP contribution < -0.4 is 15.4 Å². The number of hydrogen-bond donors (Lipinski definition) is 3. The van der Waals surface area contributed by atoms with Gasteiger partial charge in [0, 0.05) is 5.69 Å². The van der Waals surface area contributed by atoms with Crippen LogP contribution >= 0.6 is 11.6 Å². The van der Waals surface area contributed by atoms with E-state index in [0.29, 0.717) is 41.6 Å². The zero-order valence-electron chi connectivity index (χ0n) is 20.6. The van der Waals surface area contributed by atoms with Crippen molar-refractivity contribution in [3.63, 3.8) is 0 Å². The maximum atomic E-state index is 13.8. The molecular weight excluding hydrogens is 498 g/mol. The standard InChI is InChI=1S/C27H30ClN3O6/c1-3-36-17-10-8-16(9-11-17)29-24(33)21-20-12-13-27(37-20)22(21)26(35)31(15(2)14-32)23(27)25(34)30-19-7-5-4-6-18(19)28/h4-11,15,20-23,32H,3,12-14H2,1-2H3,(H,29,33)(H,30,34)/t15-,20-,21+,22+,23?,27?/m1/s1. The number of anilines is 2. The van der Waals surface area contributed by atoms with Crippen molar-refractivity contribution in [1.29, 1.82) is 0 Å². The number of rotatable bonds is 8. The van der Waals surface area contributed by atoms with Gasteiger partial charge in [0.1, 0.15) is 17.4 Å². The van der Waals surface area contributed by atoms with E-state index in [0.717, 1.165) is 0 Å². The third-order valence-electron chi connectivity index (χ3n) is 7.59. The fourth-order valence-electron chi connectivity index (χ4n) is 6.04. The van der Waals surface area contributed by atoms with Gasteiger partial charge in [-0.3, -0.25) is 14.4 Å². The Kier molecular flexibility index (Phi) is 6.87. The first-order chi connectivity index (χ1) is 17.8. The molecule has 3 aliphatic rings. The number of amides is 3. The normalized spacial score (nSPS) is 28.6. The van der Waals surface area contributed by atoms with Gasteiger partial charge >= 0.3 is 0 Å². The Bertz CT molecular complexity index is 1210. The Morgan fingerprint density at radius 3 is 2.59 bits per heavy atom. The summed E-state index contributed by atoms with van der Waals surface area (Å²) in [6, 6.07) is 12.2. The summed E-state index contributed by atoms with van der Waals surface area (Å²) < 4.78 is 11.8. The number of fused-ring (bicyclic) bond motifs is 1. The second kappa shape index (κ2) is 9.96. The summed E-state index contributed by atoms with van der Waals surface area (Å²) in [7, 11) is 0. The molecule has 1 spiro atoms. The van der Waals surface area contributed by atoms with Crippen molar-refractivity contribution < 1.29 is 29.0 Å². The molecule has 0 aliphatic carbocycles. The molecule has 3 fully saturated rings. The van der Waals surface area contributed by atoms with Gasteiger partial charge in [0.25, 0.3) is 0 Å². The quantitative estimate of drug-likeness (QED) is 0.486. The third-order valence-corrected chi connectivity index (χ3v) is 7.92. The number of likely N-dealkylation sites (tertiary alicyclic amines) is 1. The Hall–Kier alpha value is -3.14. The molecule has 37 heavy (non-hydrogen) atoms.